The quantitative estimate of drug-likeness (QED) is 0.812. The minimum atomic E-state index is -0.660. The molecule has 0 spiro atoms. The molecule has 112 valence electrons. The van der Waals surface area contributed by atoms with Gasteiger partial charge in [0.1, 0.15) is 0 Å². The molecule has 1 fully saturated rings. The van der Waals surface area contributed by atoms with Gasteiger partial charge in [0, 0.05) is 19.0 Å². The number of nitrogens with two attached hydrogens (primary N) is 1. The Hall–Kier alpha value is -0.860. The highest BCUT2D eigenvalue weighted by molar-refractivity contribution is 8.01. The number of carbonyl (C=O) groups is 1. The summed E-state index contributed by atoms with van der Waals surface area (Å²) in [4.78, 5) is 14.0. The van der Waals surface area contributed by atoms with Crippen LogP contribution in [0.25, 0.3) is 0 Å². The Morgan fingerprint density at radius 2 is 2.40 bits per heavy atom. The standard InChI is InChI=1S/C12H20N4O2S2/c1-3-8-6-16(5-4-12(8,2)18)9(17)7-19-11-15-14-10(13)20-11/h8,18H,3-7H2,1-2H3,(H2,13,14)/t8-,12+/m1/s1. The van der Waals surface area contributed by atoms with Crippen molar-refractivity contribution < 1.29 is 9.90 Å². The van der Waals surface area contributed by atoms with Crippen LogP contribution in [0.15, 0.2) is 4.34 Å². The van der Waals surface area contributed by atoms with Crippen molar-refractivity contribution in [1.82, 2.24) is 15.1 Å². The van der Waals surface area contributed by atoms with Crippen molar-refractivity contribution in [2.45, 2.75) is 36.6 Å². The zero-order valence-corrected chi connectivity index (χ0v) is 13.3. The van der Waals surface area contributed by atoms with E-state index in [4.69, 9.17) is 5.73 Å². The second kappa shape index (κ2) is 6.28. The molecule has 0 aromatic carbocycles. The number of hydrogen-bond donors (Lipinski definition) is 2. The first-order valence-electron chi connectivity index (χ1n) is 6.64. The van der Waals surface area contributed by atoms with Crippen LogP contribution in [-0.4, -0.2) is 50.6 Å². The first-order valence-corrected chi connectivity index (χ1v) is 8.44. The Labute approximate surface area is 126 Å². The summed E-state index contributed by atoms with van der Waals surface area (Å²) in [6, 6.07) is 0. The summed E-state index contributed by atoms with van der Waals surface area (Å²) < 4.78 is 0.715. The fourth-order valence-electron chi connectivity index (χ4n) is 2.41. The molecular weight excluding hydrogens is 296 g/mol. The number of amides is 1. The predicted octanol–water partition coefficient (Wildman–Crippen LogP) is 1.22. The molecule has 0 unspecified atom stereocenters. The van der Waals surface area contributed by atoms with Gasteiger partial charge >= 0.3 is 0 Å². The van der Waals surface area contributed by atoms with Gasteiger partial charge in [-0.15, -0.1) is 10.2 Å². The maximum atomic E-state index is 12.2. The molecule has 6 nitrogen and oxygen atoms in total. The number of aromatic nitrogens is 2. The average Bonchev–Trinajstić information content (AvgIpc) is 2.81. The number of thioether (sulfide) groups is 1. The van der Waals surface area contributed by atoms with Gasteiger partial charge in [0.25, 0.3) is 0 Å². The Balaban J connectivity index is 1.87. The Kier molecular flexibility index (Phi) is 4.87. The van der Waals surface area contributed by atoms with Gasteiger partial charge in [-0.1, -0.05) is 30.0 Å². The highest BCUT2D eigenvalue weighted by Crippen LogP contribution is 2.31. The normalized spacial score (nSPS) is 26.8. The summed E-state index contributed by atoms with van der Waals surface area (Å²) in [5.41, 5.74) is 4.84. The molecule has 1 aliphatic heterocycles. The lowest BCUT2D eigenvalue weighted by atomic mass is 9.81. The van der Waals surface area contributed by atoms with Crippen LogP contribution in [0.5, 0.6) is 0 Å². The van der Waals surface area contributed by atoms with E-state index in [-0.39, 0.29) is 11.8 Å². The molecule has 1 aliphatic rings. The van der Waals surface area contributed by atoms with Crippen LogP contribution in [0.2, 0.25) is 0 Å². The van der Waals surface area contributed by atoms with E-state index in [1.54, 1.807) is 0 Å². The van der Waals surface area contributed by atoms with Crippen LogP contribution in [0.3, 0.4) is 0 Å². The van der Waals surface area contributed by atoms with Crippen molar-refractivity contribution in [3.05, 3.63) is 0 Å². The van der Waals surface area contributed by atoms with Crippen molar-refractivity contribution in [3.63, 3.8) is 0 Å². The van der Waals surface area contributed by atoms with Gasteiger partial charge in [-0.05, 0) is 19.8 Å². The van der Waals surface area contributed by atoms with E-state index in [2.05, 4.69) is 10.2 Å². The smallest absolute Gasteiger partial charge is 0.233 e. The van der Waals surface area contributed by atoms with E-state index in [0.717, 1.165) is 6.42 Å². The predicted molar refractivity (Wildman–Crippen MR) is 80.6 cm³/mol. The molecule has 0 aliphatic carbocycles. The van der Waals surface area contributed by atoms with E-state index in [1.807, 2.05) is 18.7 Å². The van der Waals surface area contributed by atoms with Gasteiger partial charge in [0.2, 0.25) is 11.0 Å². The van der Waals surface area contributed by atoms with Crippen LogP contribution >= 0.6 is 23.1 Å². The second-order valence-electron chi connectivity index (χ2n) is 5.25. The van der Waals surface area contributed by atoms with Gasteiger partial charge in [-0.25, -0.2) is 0 Å². The number of hydrogen-bond acceptors (Lipinski definition) is 7. The number of aliphatic hydroxyl groups is 1. The minimum absolute atomic E-state index is 0.0812. The number of carbonyl (C=O) groups excluding carboxylic acids is 1. The van der Waals surface area contributed by atoms with Gasteiger partial charge in [-0.3, -0.25) is 4.79 Å². The monoisotopic (exact) mass is 316 g/mol. The highest BCUT2D eigenvalue weighted by atomic mass is 32.2. The summed E-state index contributed by atoms with van der Waals surface area (Å²) in [5.74, 6) is 0.563. The lowest BCUT2D eigenvalue weighted by Crippen LogP contribution is -2.52. The number of likely N-dealkylation sites (tertiary alicyclic amines) is 1. The lowest BCUT2D eigenvalue weighted by molar-refractivity contribution is -0.136. The third-order valence-electron chi connectivity index (χ3n) is 3.79. The van der Waals surface area contributed by atoms with E-state index in [9.17, 15) is 9.90 Å². The molecular formula is C12H20N4O2S2. The molecule has 20 heavy (non-hydrogen) atoms. The van der Waals surface area contributed by atoms with Gasteiger partial charge in [-0.2, -0.15) is 0 Å². The molecule has 2 heterocycles. The summed E-state index contributed by atoms with van der Waals surface area (Å²) in [5, 5.41) is 18.3. The van der Waals surface area contributed by atoms with Crippen LogP contribution in [0.1, 0.15) is 26.7 Å². The number of nitrogen functional groups attached to an aromatic ring is 1. The molecule has 1 saturated heterocycles. The largest absolute Gasteiger partial charge is 0.390 e. The Morgan fingerprint density at radius 1 is 1.65 bits per heavy atom. The minimum Gasteiger partial charge on any atom is -0.390 e. The fourth-order valence-corrected chi connectivity index (χ4v) is 3.95. The number of nitrogens with zero attached hydrogens (tertiary/aromatic N) is 3. The number of anilines is 1. The Bertz CT molecular complexity index is 478. The average molecular weight is 316 g/mol. The SMILES string of the molecule is CC[C@@H]1CN(C(=O)CSc2nnc(N)s2)CC[C@]1(C)O. The van der Waals surface area contributed by atoms with Gasteiger partial charge in [0.15, 0.2) is 4.34 Å². The van der Waals surface area contributed by atoms with Gasteiger partial charge in [0.05, 0.1) is 11.4 Å². The first kappa shape index (κ1) is 15.5. The molecule has 0 saturated carbocycles. The maximum Gasteiger partial charge on any atom is 0.233 e. The molecule has 3 N–H and O–H groups in total. The third-order valence-corrected chi connectivity index (χ3v) is 5.67. The van der Waals surface area contributed by atoms with Crippen molar-refractivity contribution in [2.75, 3.05) is 24.6 Å². The van der Waals surface area contributed by atoms with Crippen LogP contribution in [0.4, 0.5) is 5.13 Å². The van der Waals surface area contributed by atoms with Crippen LogP contribution in [0, 0.1) is 5.92 Å². The molecule has 1 aromatic heterocycles. The second-order valence-corrected chi connectivity index (χ2v) is 7.48. The lowest BCUT2D eigenvalue weighted by Gasteiger charge is -2.42. The fraction of sp³-hybridized carbons (Fsp3) is 0.750. The van der Waals surface area contributed by atoms with Crippen LogP contribution < -0.4 is 5.73 Å². The molecule has 8 heteroatoms. The van der Waals surface area contributed by atoms with Gasteiger partial charge < -0.3 is 15.7 Å². The summed E-state index contributed by atoms with van der Waals surface area (Å²) >= 11 is 2.65. The van der Waals surface area contributed by atoms with E-state index >= 15 is 0 Å². The van der Waals surface area contributed by atoms with Crippen molar-refractivity contribution in [1.29, 1.82) is 0 Å². The molecule has 0 bridgehead atoms. The molecule has 2 rings (SSSR count). The number of rotatable bonds is 4. The molecule has 0 radical (unpaired) electrons. The summed E-state index contributed by atoms with van der Waals surface area (Å²) in [6.45, 7) is 5.15. The topological polar surface area (TPSA) is 92.3 Å². The summed E-state index contributed by atoms with van der Waals surface area (Å²) in [6.07, 6.45) is 1.50. The summed E-state index contributed by atoms with van der Waals surface area (Å²) in [7, 11) is 0. The van der Waals surface area contributed by atoms with Crippen LogP contribution in [-0.2, 0) is 4.79 Å². The first-order chi connectivity index (χ1) is 9.42. The molecule has 1 aromatic rings. The maximum absolute atomic E-state index is 12.2. The molecule has 2 atom stereocenters. The number of piperidine rings is 1. The van der Waals surface area contributed by atoms with E-state index < -0.39 is 5.60 Å². The zero-order valence-electron chi connectivity index (χ0n) is 11.7. The van der Waals surface area contributed by atoms with E-state index in [1.165, 1.54) is 23.1 Å². The van der Waals surface area contributed by atoms with Crippen molar-refractivity contribution in [3.8, 4) is 0 Å². The van der Waals surface area contributed by atoms with E-state index in [0.29, 0.717) is 34.7 Å². The third kappa shape index (κ3) is 3.62. The van der Waals surface area contributed by atoms with Crippen molar-refractivity contribution >= 4 is 34.1 Å². The zero-order chi connectivity index (χ0) is 14.8. The van der Waals surface area contributed by atoms with Crippen molar-refractivity contribution in [2.24, 2.45) is 5.92 Å². The highest BCUT2D eigenvalue weighted by Gasteiger charge is 2.37. The Morgan fingerprint density at radius 3 is 3.00 bits per heavy atom. The molecule has 1 amide bonds.